The van der Waals surface area contributed by atoms with Crippen LogP contribution in [0, 0.1) is 17.5 Å². The third kappa shape index (κ3) is 5.75. The smallest absolute Gasteiger partial charge is 0.407 e. The molecule has 1 atom stereocenters. The van der Waals surface area contributed by atoms with Gasteiger partial charge in [0.05, 0.1) is 0 Å². The molecule has 1 aliphatic heterocycles. The highest BCUT2D eigenvalue weighted by atomic mass is 32.1. The summed E-state index contributed by atoms with van der Waals surface area (Å²) in [4.78, 5) is 20.6. The minimum atomic E-state index is -0.696. The van der Waals surface area contributed by atoms with E-state index < -0.39 is 11.7 Å². The van der Waals surface area contributed by atoms with Gasteiger partial charge in [-0.25, -0.2) is 4.79 Å². The molecule has 0 spiro atoms. The third-order valence-electron chi connectivity index (χ3n) is 7.27. The Morgan fingerprint density at radius 1 is 1.27 bits per heavy atom. The second-order valence-corrected chi connectivity index (χ2v) is 11.7. The molecule has 1 amide bonds. The van der Waals surface area contributed by atoms with Crippen LogP contribution < -0.4 is 5.32 Å². The van der Waals surface area contributed by atoms with Crippen LogP contribution in [0.3, 0.4) is 0 Å². The first kappa shape index (κ1) is 25.6. The van der Waals surface area contributed by atoms with Gasteiger partial charge >= 0.3 is 6.09 Å². The number of aromatic nitrogens is 1. The van der Waals surface area contributed by atoms with E-state index >= 15 is 0 Å². The molecule has 0 aliphatic carbocycles. The summed E-state index contributed by atoms with van der Waals surface area (Å²) >= 11 is 1.20. The topological polar surface area (TPSA) is 54.5 Å². The van der Waals surface area contributed by atoms with Gasteiger partial charge in [-0.2, -0.15) is 4.39 Å². The van der Waals surface area contributed by atoms with Gasteiger partial charge in [-0.1, -0.05) is 6.07 Å². The molecule has 0 unspecified atom stereocenters. The molecule has 2 aromatic rings. The van der Waals surface area contributed by atoms with Crippen molar-refractivity contribution in [2.75, 3.05) is 13.1 Å². The minimum absolute atomic E-state index is 0.00592. The molecule has 0 radical (unpaired) electrons. The highest BCUT2D eigenvalue weighted by Crippen LogP contribution is 2.49. The summed E-state index contributed by atoms with van der Waals surface area (Å²) in [5.74, 6) is 0. The van der Waals surface area contributed by atoms with Crippen LogP contribution in [0.4, 0.5) is 9.18 Å². The van der Waals surface area contributed by atoms with Crippen molar-refractivity contribution in [1.29, 1.82) is 0 Å². The van der Waals surface area contributed by atoms with E-state index in [0.717, 1.165) is 42.9 Å². The highest BCUT2D eigenvalue weighted by Gasteiger charge is 2.53. The summed E-state index contributed by atoms with van der Waals surface area (Å²) in [5, 5.41) is 2.70. The summed E-state index contributed by atoms with van der Waals surface area (Å²) in [5.41, 5.74) is 0.989. The molecule has 1 saturated heterocycles. The fourth-order valence-corrected chi connectivity index (χ4v) is 5.54. The predicted octanol–water partition coefficient (Wildman–Crippen LogP) is 6.06. The summed E-state index contributed by atoms with van der Waals surface area (Å²) < 4.78 is 19.7. The lowest BCUT2D eigenvalue weighted by Gasteiger charge is -2.45. The molecule has 3 heterocycles. The molecule has 0 aromatic carbocycles. The molecular weight excluding hydrogens is 437 g/mol. The van der Waals surface area contributed by atoms with Crippen molar-refractivity contribution in [2.24, 2.45) is 5.41 Å². The quantitative estimate of drug-likeness (QED) is 0.504. The molecule has 7 heteroatoms. The Morgan fingerprint density at radius 3 is 2.58 bits per heavy atom. The Balaban J connectivity index is 1.87. The SMILES string of the molecule is Cc1ccc(C(C)(C)N2CC[C@@](CCc3ccc(F)s3)(C(C)(C)OC(=O)NC(C)C)C2)cn1. The van der Waals surface area contributed by atoms with E-state index in [1.54, 1.807) is 0 Å². The van der Waals surface area contributed by atoms with Crippen LogP contribution in [0.15, 0.2) is 30.5 Å². The number of aryl methyl sites for hydroxylation is 2. The Kier molecular flexibility index (Phi) is 7.54. The number of carbonyl (C=O) groups excluding carboxylic acids is 1. The average Bonchev–Trinajstić information content (AvgIpc) is 3.33. The largest absolute Gasteiger partial charge is 0.443 e. The molecular formula is C26H38FN3O2S. The number of hydrogen-bond donors (Lipinski definition) is 1. The van der Waals surface area contributed by atoms with E-state index in [1.165, 1.54) is 23.0 Å². The minimum Gasteiger partial charge on any atom is -0.443 e. The molecule has 182 valence electrons. The first-order valence-electron chi connectivity index (χ1n) is 11.8. The van der Waals surface area contributed by atoms with Crippen molar-refractivity contribution in [3.8, 4) is 0 Å². The lowest BCUT2D eigenvalue weighted by Crippen LogP contribution is -2.52. The van der Waals surface area contributed by atoms with Crippen LogP contribution in [0.1, 0.15) is 70.5 Å². The molecule has 1 aliphatic rings. The summed E-state index contributed by atoms with van der Waals surface area (Å²) in [6.07, 6.45) is 4.03. The van der Waals surface area contributed by atoms with E-state index in [1.807, 2.05) is 46.9 Å². The van der Waals surface area contributed by atoms with Gasteiger partial charge in [0.1, 0.15) is 5.60 Å². The first-order chi connectivity index (χ1) is 15.3. The monoisotopic (exact) mass is 475 g/mol. The summed E-state index contributed by atoms with van der Waals surface area (Å²) in [6.45, 7) is 16.0. The molecule has 3 rings (SSSR count). The number of rotatable bonds is 8. The second kappa shape index (κ2) is 9.71. The van der Waals surface area contributed by atoms with Gasteiger partial charge in [0.2, 0.25) is 0 Å². The number of ether oxygens (including phenoxy) is 1. The normalized spacial score (nSPS) is 19.8. The van der Waals surface area contributed by atoms with Crippen molar-refractivity contribution >= 4 is 17.4 Å². The van der Waals surface area contributed by atoms with Gasteiger partial charge in [0.15, 0.2) is 5.13 Å². The van der Waals surface area contributed by atoms with Crippen LogP contribution in [0.5, 0.6) is 0 Å². The van der Waals surface area contributed by atoms with E-state index in [0.29, 0.717) is 0 Å². The lowest BCUT2D eigenvalue weighted by atomic mass is 9.69. The standard InChI is InChI=1S/C26H38FN3O2S/c1-18(2)29-23(31)32-25(6,7)26(13-12-21-10-11-22(27)33-21)14-15-30(17-26)24(4,5)20-9-8-19(3)28-16-20/h8-11,16,18H,12-15,17H2,1-7H3,(H,29,31)/t26-/m1/s1. The van der Waals surface area contributed by atoms with Gasteiger partial charge in [-0.05, 0) is 98.0 Å². The lowest BCUT2D eigenvalue weighted by molar-refractivity contribution is -0.0692. The number of alkyl carbamates (subject to hydrolysis) is 1. The molecule has 1 N–H and O–H groups in total. The highest BCUT2D eigenvalue weighted by molar-refractivity contribution is 7.10. The van der Waals surface area contributed by atoms with Crippen molar-refractivity contribution in [3.05, 3.63) is 51.7 Å². The number of carbonyl (C=O) groups is 1. The van der Waals surface area contributed by atoms with Gasteiger partial charge in [-0.15, -0.1) is 11.3 Å². The Labute approximate surface area is 201 Å². The molecule has 0 bridgehead atoms. The van der Waals surface area contributed by atoms with Crippen molar-refractivity contribution in [2.45, 2.75) is 84.9 Å². The van der Waals surface area contributed by atoms with Gasteiger partial charge in [0.25, 0.3) is 0 Å². The second-order valence-electron chi connectivity index (χ2n) is 10.6. The number of amides is 1. The zero-order valence-electron chi connectivity index (χ0n) is 21.0. The molecule has 2 aromatic heterocycles. The van der Waals surface area contributed by atoms with Crippen LogP contribution in [-0.2, 0) is 16.7 Å². The van der Waals surface area contributed by atoms with Crippen molar-refractivity contribution < 1.29 is 13.9 Å². The van der Waals surface area contributed by atoms with Gasteiger partial charge in [-0.3, -0.25) is 9.88 Å². The zero-order chi connectivity index (χ0) is 24.4. The van der Waals surface area contributed by atoms with E-state index in [4.69, 9.17) is 4.74 Å². The molecule has 1 fully saturated rings. The Bertz CT molecular complexity index is 955. The van der Waals surface area contributed by atoms with Crippen LogP contribution in [0.25, 0.3) is 0 Å². The number of thiophene rings is 1. The fraction of sp³-hybridized carbons (Fsp3) is 0.615. The maximum absolute atomic E-state index is 13.6. The maximum Gasteiger partial charge on any atom is 0.407 e. The van der Waals surface area contributed by atoms with Crippen molar-refractivity contribution in [1.82, 2.24) is 15.2 Å². The molecule has 0 saturated carbocycles. The van der Waals surface area contributed by atoms with E-state index in [2.05, 4.69) is 41.2 Å². The average molecular weight is 476 g/mol. The number of halogens is 1. The van der Waals surface area contributed by atoms with Crippen molar-refractivity contribution in [3.63, 3.8) is 0 Å². The number of likely N-dealkylation sites (tertiary alicyclic amines) is 1. The molecule has 5 nitrogen and oxygen atoms in total. The van der Waals surface area contributed by atoms with Gasteiger partial charge < -0.3 is 10.1 Å². The summed E-state index contributed by atoms with van der Waals surface area (Å²) in [7, 11) is 0. The summed E-state index contributed by atoms with van der Waals surface area (Å²) in [6, 6.07) is 7.59. The van der Waals surface area contributed by atoms with Crippen LogP contribution >= 0.6 is 11.3 Å². The van der Waals surface area contributed by atoms with E-state index in [-0.39, 0.29) is 22.1 Å². The molecule has 33 heavy (non-hydrogen) atoms. The van der Waals surface area contributed by atoms with E-state index in [9.17, 15) is 9.18 Å². The number of hydrogen-bond acceptors (Lipinski definition) is 5. The Hall–Kier alpha value is -1.99. The van der Waals surface area contributed by atoms with Crippen LogP contribution in [0.2, 0.25) is 0 Å². The zero-order valence-corrected chi connectivity index (χ0v) is 21.8. The third-order valence-corrected chi connectivity index (χ3v) is 8.21. The number of nitrogens with zero attached hydrogens (tertiary/aromatic N) is 2. The fourth-order valence-electron chi connectivity index (χ4n) is 4.81. The maximum atomic E-state index is 13.6. The number of pyridine rings is 1. The first-order valence-corrected chi connectivity index (χ1v) is 12.6. The Morgan fingerprint density at radius 2 is 2.00 bits per heavy atom. The van der Waals surface area contributed by atoms with Crippen LogP contribution in [-0.4, -0.2) is 40.7 Å². The number of nitrogens with one attached hydrogen (secondary N) is 1. The van der Waals surface area contributed by atoms with Gasteiger partial charge in [0, 0.05) is 40.3 Å². The predicted molar refractivity (Wildman–Crippen MR) is 132 cm³/mol.